The first-order valence-corrected chi connectivity index (χ1v) is 15.5. The van der Waals surface area contributed by atoms with Crippen molar-refractivity contribution in [2.75, 3.05) is 0 Å². The van der Waals surface area contributed by atoms with Gasteiger partial charge in [0, 0.05) is 12.8 Å². The molecule has 1 unspecified atom stereocenters. The molecule has 0 aliphatic rings. The van der Waals surface area contributed by atoms with Crippen LogP contribution in [0.5, 0.6) is 0 Å². The SMILES string of the molecule is CCCCCCCCCCCCCCC(=O)OC(C=C(C)CCC=C(C)C)CC=C(C)CCC=C(C)C. The molecule has 0 saturated carbocycles. The lowest BCUT2D eigenvalue weighted by Gasteiger charge is -2.15. The van der Waals surface area contributed by atoms with E-state index in [0.29, 0.717) is 6.42 Å². The molecule has 0 aliphatic carbocycles. The number of carbonyl (C=O) groups excluding carboxylic acids is 1. The van der Waals surface area contributed by atoms with E-state index in [1.807, 2.05) is 0 Å². The van der Waals surface area contributed by atoms with E-state index < -0.39 is 0 Å². The molecular weight excluding hydrogens is 452 g/mol. The number of carbonyl (C=O) groups is 1. The summed E-state index contributed by atoms with van der Waals surface area (Å²) in [5.41, 5.74) is 5.40. The van der Waals surface area contributed by atoms with E-state index in [1.165, 1.54) is 86.5 Å². The van der Waals surface area contributed by atoms with E-state index in [2.05, 4.69) is 72.8 Å². The number of unbranched alkanes of at least 4 members (excludes halogenated alkanes) is 11. The van der Waals surface area contributed by atoms with Gasteiger partial charge < -0.3 is 4.74 Å². The van der Waals surface area contributed by atoms with Crippen molar-refractivity contribution in [1.29, 1.82) is 0 Å². The highest BCUT2D eigenvalue weighted by Crippen LogP contribution is 2.17. The average molecular weight is 515 g/mol. The number of hydrogen-bond acceptors (Lipinski definition) is 2. The molecule has 0 saturated heterocycles. The Morgan fingerprint density at radius 1 is 0.595 bits per heavy atom. The number of rotatable bonds is 23. The van der Waals surface area contributed by atoms with Gasteiger partial charge in [-0.3, -0.25) is 4.79 Å². The van der Waals surface area contributed by atoms with Crippen LogP contribution in [0.3, 0.4) is 0 Å². The summed E-state index contributed by atoms with van der Waals surface area (Å²) in [5.74, 6) is -0.0407. The highest BCUT2D eigenvalue weighted by atomic mass is 16.5. The largest absolute Gasteiger partial charge is 0.458 e. The molecule has 0 N–H and O–H groups in total. The first-order valence-electron chi connectivity index (χ1n) is 15.5. The third-order valence-corrected chi connectivity index (χ3v) is 6.87. The van der Waals surface area contributed by atoms with Crippen LogP contribution < -0.4 is 0 Å². The summed E-state index contributed by atoms with van der Waals surface area (Å²) >= 11 is 0. The summed E-state index contributed by atoms with van der Waals surface area (Å²) in [6.45, 7) is 15.2. The van der Waals surface area contributed by atoms with Crippen LogP contribution in [0, 0.1) is 0 Å². The third kappa shape index (κ3) is 25.8. The van der Waals surface area contributed by atoms with Crippen molar-refractivity contribution in [1.82, 2.24) is 0 Å². The second kappa shape index (κ2) is 24.7. The Kier molecular flexibility index (Phi) is 23.7. The third-order valence-electron chi connectivity index (χ3n) is 6.87. The summed E-state index contributed by atoms with van der Waals surface area (Å²) in [5, 5.41) is 0. The van der Waals surface area contributed by atoms with Crippen molar-refractivity contribution < 1.29 is 9.53 Å². The quantitative estimate of drug-likeness (QED) is 0.0769. The molecule has 0 aromatic carbocycles. The highest BCUT2D eigenvalue weighted by molar-refractivity contribution is 5.69. The van der Waals surface area contributed by atoms with Crippen LogP contribution in [0.2, 0.25) is 0 Å². The minimum Gasteiger partial charge on any atom is -0.458 e. The molecule has 2 heteroatoms. The van der Waals surface area contributed by atoms with Crippen molar-refractivity contribution in [3.63, 3.8) is 0 Å². The molecule has 0 aliphatic heterocycles. The lowest BCUT2D eigenvalue weighted by atomic mass is 10.0. The second-order valence-electron chi connectivity index (χ2n) is 11.6. The van der Waals surface area contributed by atoms with Gasteiger partial charge in [0.2, 0.25) is 0 Å². The fourth-order valence-electron chi connectivity index (χ4n) is 4.49. The zero-order chi connectivity index (χ0) is 27.7. The first kappa shape index (κ1) is 35.4. The van der Waals surface area contributed by atoms with Crippen molar-refractivity contribution >= 4 is 5.97 Å². The smallest absolute Gasteiger partial charge is 0.306 e. The molecule has 0 aromatic heterocycles. The molecule has 214 valence electrons. The van der Waals surface area contributed by atoms with Gasteiger partial charge in [0.05, 0.1) is 0 Å². The molecule has 0 rings (SSSR count). The van der Waals surface area contributed by atoms with Crippen LogP contribution in [0.25, 0.3) is 0 Å². The number of esters is 1. The Morgan fingerprint density at radius 2 is 1.05 bits per heavy atom. The van der Waals surface area contributed by atoms with Gasteiger partial charge in [-0.1, -0.05) is 118 Å². The topological polar surface area (TPSA) is 26.3 Å². The molecule has 37 heavy (non-hydrogen) atoms. The molecule has 0 spiro atoms. The summed E-state index contributed by atoms with van der Waals surface area (Å²) in [4.78, 5) is 12.6. The van der Waals surface area contributed by atoms with Gasteiger partial charge in [0.25, 0.3) is 0 Å². The zero-order valence-corrected chi connectivity index (χ0v) is 25.9. The van der Waals surface area contributed by atoms with Crippen LogP contribution in [-0.4, -0.2) is 12.1 Å². The van der Waals surface area contributed by atoms with Crippen molar-refractivity contribution in [3.8, 4) is 0 Å². The molecule has 0 heterocycles. The Bertz CT molecular complexity index is 684. The molecule has 0 aromatic rings. The molecular formula is C35H62O2. The van der Waals surface area contributed by atoms with Gasteiger partial charge in [0.15, 0.2) is 0 Å². The van der Waals surface area contributed by atoms with Crippen LogP contribution in [-0.2, 0) is 9.53 Å². The van der Waals surface area contributed by atoms with E-state index in [0.717, 1.165) is 44.9 Å². The normalized spacial score (nSPS) is 12.8. The zero-order valence-electron chi connectivity index (χ0n) is 25.9. The van der Waals surface area contributed by atoms with E-state index >= 15 is 0 Å². The first-order chi connectivity index (χ1) is 17.7. The summed E-state index contributed by atoms with van der Waals surface area (Å²) in [6, 6.07) is 0. The fourth-order valence-corrected chi connectivity index (χ4v) is 4.49. The predicted octanol–water partition coefficient (Wildman–Crippen LogP) is 11.8. The molecule has 2 nitrogen and oxygen atoms in total. The van der Waals surface area contributed by atoms with Gasteiger partial charge in [0.1, 0.15) is 6.10 Å². The number of ether oxygens (including phenoxy) is 1. The minimum atomic E-state index is -0.157. The minimum absolute atomic E-state index is 0.0407. The number of hydrogen-bond donors (Lipinski definition) is 0. The maximum atomic E-state index is 12.6. The standard InChI is InChI=1S/C35H62O2/c1-8-9-10-11-12-13-14-15-16-17-18-19-26-35(36)37-34(29-33(7)25-21-23-31(4)5)28-27-32(6)24-20-22-30(2)3/h22-23,27,29,34H,8-21,24-26,28H2,1-7H3. The van der Waals surface area contributed by atoms with E-state index in [-0.39, 0.29) is 12.1 Å². The van der Waals surface area contributed by atoms with Gasteiger partial charge in [-0.15, -0.1) is 0 Å². The van der Waals surface area contributed by atoms with Gasteiger partial charge in [-0.25, -0.2) is 0 Å². The maximum Gasteiger partial charge on any atom is 0.306 e. The van der Waals surface area contributed by atoms with Crippen LogP contribution >= 0.6 is 0 Å². The maximum absolute atomic E-state index is 12.6. The lowest BCUT2D eigenvalue weighted by molar-refractivity contribution is -0.146. The van der Waals surface area contributed by atoms with Crippen molar-refractivity contribution in [2.45, 2.75) is 170 Å². The molecule has 0 fully saturated rings. The fraction of sp³-hybridized carbons (Fsp3) is 0.743. The van der Waals surface area contributed by atoms with E-state index in [9.17, 15) is 4.79 Å². The van der Waals surface area contributed by atoms with Crippen LogP contribution in [0.15, 0.2) is 46.6 Å². The molecule has 0 amide bonds. The predicted molar refractivity (Wildman–Crippen MR) is 165 cm³/mol. The number of allylic oxidation sites excluding steroid dienone is 6. The second-order valence-corrected chi connectivity index (χ2v) is 11.6. The molecule has 0 bridgehead atoms. The Labute approximate surface area is 232 Å². The Balaban J connectivity index is 4.45. The Hall–Kier alpha value is -1.57. The molecule has 1 atom stereocenters. The summed E-state index contributed by atoms with van der Waals surface area (Å²) in [6.07, 6.45) is 30.0. The van der Waals surface area contributed by atoms with Gasteiger partial charge in [-0.2, -0.15) is 0 Å². The monoisotopic (exact) mass is 514 g/mol. The van der Waals surface area contributed by atoms with Crippen LogP contribution in [0.4, 0.5) is 0 Å². The summed E-state index contributed by atoms with van der Waals surface area (Å²) in [7, 11) is 0. The van der Waals surface area contributed by atoms with E-state index in [1.54, 1.807) is 0 Å². The van der Waals surface area contributed by atoms with Gasteiger partial charge >= 0.3 is 5.97 Å². The van der Waals surface area contributed by atoms with E-state index in [4.69, 9.17) is 4.74 Å². The Morgan fingerprint density at radius 3 is 1.54 bits per heavy atom. The van der Waals surface area contributed by atoms with Crippen LogP contribution in [0.1, 0.15) is 164 Å². The lowest BCUT2D eigenvalue weighted by Crippen LogP contribution is -2.16. The molecule has 0 radical (unpaired) electrons. The van der Waals surface area contributed by atoms with Crippen molar-refractivity contribution in [3.05, 3.63) is 46.6 Å². The van der Waals surface area contributed by atoms with Crippen molar-refractivity contribution in [2.24, 2.45) is 0 Å². The highest BCUT2D eigenvalue weighted by Gasteiger charge is 2.12. The summed E-state index contributed by atoms with van der Waals surface area (Å²) < 4.78 is 5.95. The average Bonchev–Trinajstić information content (AvgIpc) is 2.82. The van der Waals surface area contributed by atoms with Gasteiger partial charge in [-0.05, 0) is 79.7 Å².